The second-order valence-corrected chi connectivity index (χ2v) is 4.49. The van der Waals surface area contributed by atoms with Gasteiger partial charge in [-0.15, -0.1) is 12.4 Å². The van der Waals surface area contributed by atoms with Crippen molar-refractivity contribution in [3.05, 3.63) is 35.4 Å². The molecule has 6 heteroatoms. The predicted octanol–water partition coefficient (Wildman–Crippen LogP) is 2.90. The lowest BCUT2D eigenvalue weighted by Crippen LogP contribution is -2.49. The van der Waals surface area contributed by atoms with Crippen LogP contribution in [-0.2, 0) is 11.2 Å². The molecule has 0 bridgehead atoms. The standard InChI is InChI=1S/C13H17F2NO2.ClH/c1-2-3-6-13(16,12(17)18)8-9-4-5-10(14)11(15)7-9;/h4-5,7H,2-3,6,8,16H2,1H3,(H,17,18);1H/t13-;/m1./s1. The van der Waals surface area contributed by atoms with Crippen molar-refractivity contribution in [2.45, 2.75) is 38.1 Å². The fraction of sp³-hybridized carbons (Fsp3) is 0.462. The molecule has 1 rings (SSSR count). The first-order chi connectivity index (χ1) is 8.39. The number of benzene rings is 1. The first-order valence-electron chi connectivity index (χ1n) is 5.85. The summed E-state index contributed by atoms with van der Waals surface area (Å²) in [7, 11) is 0. The molecule has 0 fully saturated rings. The number of carboxylic acid groups (broad SMARTS) is 1. The first-order valence-corrected chi connectivity index (χ1v) is 5.85. The number of rotatable bonds is 6. The zero-order valence-electron chi connectivity index (χ0n) is 10.7. The van der Waals surface area contributed by atoms with Gasteiger partial charge in [-0.1, -0.05) is 25.8 Å². The highest BCUT2D eigenvalue weighted by molar-refractivity contribution is 5.85. The second-order valence-electron chi connectivity index (χ2n) is 4.49. The third-order valence-corrected chi connectivity index (χ3v) is 2.91. The van der Waals surface area contributed by atoms with Crippen LogP contribution in [0.3, 0.4) is 0 Å². The third kappa shape index (κ3) is 4.76. The van der Waals surface area contributed by atoms with E-state index in [1.807, 2.05) is 6.92 Å². The number of hydrogen-bond donors (Lipinski definition) is 2. The van der Waals surface area contributed by atoms with E-state index in [9.17, 15) is 13.6 Å². The summed E-state index contributed by atoms with van der Waals surface area (Å²) in [5, 5.41) is 9.15. The van der Waals surface area contributed by atoms with E-state index in [1.54, 1.807) is 0 Å². The Morgan fingerprint density at radius 1 is 1.37 bits per heavy atom. The lowest BCUT2D eigenvalue weighted by Gasteiger charge is -2.24. The van der Waals surface area contributed by atoms with Gasteiger partial charge < -0.3 is 10.8 Å². The quantitative estimate of drug-likeness (QED) is 0.847. The van der Waals surface area contributed by atoms with Crippen LogP contribution in [0.1, 0.15) is 31.7 Å². The second kappa shape index (κ2) is 7.40. The molecule has 0 heterocycles. The highest BCUT2D eigenvalue weighted by Crippen LogP contribution is 2.19. The Hall–Kier alpha value is -1.20. The summed E-state index contributed by atoms with van der Waals surface area (Å²) in [5.74, 6) is -3.07. The number of unbranched alkanes of at least 4 members (excludes halogenated alkanes) is 1. The average molecular weight is 294 g/mol. The smallest absolute Gasteiger partial charge is 0.324 e. The van der Waals surface area contributed by atoms with Crippen molar-refractivity contribution < 1.29 is 18.7 Å². The van der Waals surface area contributed by atoms with Crippen LogP contribution < -0.4 is 5.73 Å². The summed E-state index contributed by atoms with van der Waals surface area (Å²) in [4.78, 5) is 11.2. The van der Waals surface area contributed by atoms with E-state index in [4.69, 9.17) is 10.8 Å². The molecule has 0 unspecified atom stereocenters. The van der Waals surface area contributed by atoms with Crippen LogP contribution in [0.5, 0.6) is 0 Å². The summed E-state index contributed by atoms with van der Waals surface area (Å²) in [6.07, 6.45) is 1.79. The monoisotopic (exact) mass is 293 g/mol. The van der Waals surface area contributed by atoms with Gasteiger partial charge in [0.1, 0.15) is 5.54 Å². The summed E-state index contributed by atoms with van der Waals surface area (Å²) in [6.45, 7) is 1.93. The SMILES string of the molecule is CCCC[C@@](N)(Cc1ccc(F)c(F)c1)C(=O)O.Cl. The van der Waals surface area contributed by atoms with Crippen LogP contribution in [0, 0.1) is 11.6 Å². The van der Waals surface area contributed by atoms with Gasteiger partial charge in [0.25, 0.3) is 0 Å². The molecule has 0 saturated carbocycles. The largest absolute Gasteiger partial charge is 0.480 e. The fourth-order valence-corrected chi connectivity index (χ4v) is 1.78. The predicted molar refractivity (Wildman–Crippen MR) is 71.4 cm³/mol. The van der Waals surface area contributed by atoms with Gasteiger partial charge in [0, 0.05) is 6.42 Å². The maximum absolute atomic E-state index is 13.0. The van der Waals surface area contributed by atoms with Crippen LogP contribution >= 0.6 is 12.4 Å². The van der Waals surface area contributed by atoms with Gasteiger partial charge in [0.15, 0.2) is 11.6 Å². The molecule has 19 heavy (non-hydrogen) atoms. The number of nitrogens with two attached hydrogens (primary N) is 1. The van der Waals surface area contributed by atoms with Gasteiger partial charge in [-0.05, 0) is 24.1 Å². The van der Waals surface area contributed by atoms with E-state index in [2.05, 4.69) is 0 Å². The Morgan fingerprint density at radius 2 is 2.00 bits per heavy atom. The summed E-state index contributed by atoms with van der Waals surface area (Å²) in [6, 6.07) is 3.33. The van der Waals surface area contributed by atoms with Crippen molar-refractivity contribution in [2.75, 3.05) is 0 Å². The van der Waals surface area contributed by atoms with E-state index in [0.29, 0.717) is 18.4 Å². The zero-order valence-corrected chi connectivity index (χ0v) is 11.5. The van der Waals surface area contributed by atoms with Crippen molar-refractivity contribution in [2.24, 2.45) is 5.73 Å². The molecule has 0 aliphatic rings. The topological polar surface area (TPSA) is 63.3 Å². The molecule has 3 nitrogen and oxygen atoms in total. The molecule has 1 aromatic carbocycles. The number of halogens is 3. The average Bonchev–Trinajstić information content (AvgIpc) is 2.31. The lowest BCUT2D eigenvalue weighted by atomic mass is 9.87. The molecule has 108 valence electrons. The minimum Gasteiger partial charge on any atom is -0.480 e. The Labute approximate surface area is 117 Å². The van der Waals surface area contributed by atoms with Crippen LogP contribution in [0.15, 0.2) is 18.2 Å². The minimum atomic E-state index is -1.43. The van der Waals surface area contributed by atoms with Crippen molar-refractivity contribution >= 4 is 18.4 Å². The van der Waals surface area contributed by atoms with Gasteiger partial charge in [0.2, 0.25) is 0 Å². The Balaban J connectivity index is 0.00000324. The van der Waals surface area contributed by atoms with Crippen molar-refractivity contribution in [3.8, 4) is 0 Å². The van der Waals surface area contributed by atoms with E-state index < -0.39 is 23.1 Å². The number of hydrogen-bond acceptors (Lipinski definition) is 2. The maximum atomic E-state index is 13.0. The van der Waals surface area contributed by atoms with E-state index in [0.717, 1.165) is 18.6 Å². The van der Waals surface area contributed by atoms with Crippen LogP contribution in [0.4, 0.5) is 8.78 Å². The molecule has 0 radical (unpaired) electrons. The van der Waals surface area contributed by atoms with Crippen LogP contribution in [0.25, 0.3) is 0 Å². The van der Waals surface area contributed by atoms with Gasteiger partial charge in [-0.25, -0.2) is 8.78 Å². The van der Waals surface area contributed by atoms with Crippen molar-refractivity contribution in [1.82, 2.24) is 0 Å². The molecule has 1 aromatic rings. The molecule has 1 atom stereocenters. The molecule has 0 amide bonds. The van der Waals surface area contributed by atoms with Crippen molar-refractivity contribution in [1.29, 1.82) is 0 Å². The van der Waals surface area contributed by atoms with Gasteiger partial charge in [-0.3, -0.25) is 4.79 Å². The molecule has 0 aliphatic carbocycles. The first kappa shape index (κ1) is 17.8. The number of aliphatic carboxylic acids is 1. The summed E-state index contributed by atoms with van der Waals surface area (Å²) < 4.78 is 25.8. The highest BCUT2D eigenvalue weighted by atomic mass is 35.5. The number of carboxylic acids is 1. The zero-order chi connectivity index (χ0) is 13.8. The van der Waals surface area contributed by atoms with Gasteiger partial charge >= 0.3 is 5.97 Å². The van der Waals surface area contributed by atoms with Gasteiger partial charge in [0.05, 0.1) is 0 Å². The Kier molecular flexibility index (Phi) is 6.94. The minimum absolute atomic E-state index is 0. The Morgan fingerprint density at radius 3 is 2.47 bits per heavy atom. The van der Waals surface area contributed by atoms with E-state index in [1.165, 1.54) is 6.07 Å². The van der Waals surface area contributed by atoms with Gasteiger partial charge in [-0.2, -0.15) is 0 Å². The summed E-state index contributed by atoms with van der Waals surface area (Å²) in [5.41, 5.74) is 4.79. The molecular formula is C13H18ClF2NO2. The normalized spacial score (nSPS) is 13.5. The molecular weight excluding hydrogens is 276 g/mol. The van der Waals surface area contributed by atoms with E-state index in [-0.39, 0.29) is 18.8 Å². The lowest BCUT2D eigenvalue weighted by molar-refractivity contribution is -0.143. The Bertz CT molecular complexity index is 443. The molecule has 0 aromatic heterocycles. The molecule has 0 spiro atoms. The van der Waals surface area contributed by atoms with Crippen LogP contribution in [0.2, 0.25) is 0 Å². The highest BCUT2D eigenvalue weighted by Gasteiger charge is 2.33. The fourth-order valence-electron chi connectivity index (χ4n) is 1.78. The maximum Gasteiger partial charge on any atom is 0.324 e. The molecule has 0 saturated heterocycles. The van der Waals surface area contributed by atoms with E-state index >= 15 is 0 Å². The third-order valence-electron chi connectivity index (χ3n) is 2.91. The number of carbonyl (C=O) groups is 1. The van der Waals surface area contributed by atoms with Crippen molar-refractivity contribution in [3.63, 3.8) is 0 Å². The molecule has 0 aliphatic heterocycles. The summed E-state index contributed by atoms with van der Waals surface area (Å²) >= 11 is 0. The van der Waals surface area contributed by atoms with Crippen LogP contribution in [-0.4, -0.2) is 16.6 Å². The molecule has 3 N–H and O–H groups in total.